The number of hydrogen-bond donors (Lipinski definition) is 0. The van der Waals surface area contributed by atoms with Crippen LogP contribution in [0.15, 0.2) is 93.6 Å². The zero-order valence-electron chi connectivity index (χ0n) is 23.0. The van der Waals surface area contributed by atoms with Gasteiger partial charge in [-0.25, -0.2) is 0 Å². The molecule has 1 spiro atoms. The molecule has 5 rings (SSSR count). The van der Waals surface area contributed by atoms with Gasteiger partial charge in [-0.2, -0.15) is 0 Å². The molecule has 0 saturated heterocycles. The van der Waals surface area contributed by atoms with Gasteiger partial charge in [-0.15, -0.1) is 0 Å². The van der Waals surface area contributed by atoms with E-state index in [0.717, 1.165) is 36.0 Å². The van der Waals surface area contributed by atoms with Gasteiger partial charge in [-0.05, 0) is 83.3 Å². The number of ether oxygens (including phenoxy) is 2. The number of ketones is 1. The van der Waals surface area contributed by atoms with Gasteiger partial charge in [0.1, 0.15) is 5.69 Å². The van der Waals surface area contributed by atoms with Crippen molar-refractivity contribution in [2.24, 2.45) is 5.92 Å². The van der Waals surface area contributed by atoms with Crippen molar-refractivity contribution < 1.29 is 18.8 Å². The molecule has 1 aliphatic carbocycles. The fourth-order valence-corrected chi connectivity index (χ4v) is 5.57. The first-order chi connectivity index (χ1) is 18.2. The normalized spacial score (nSPS) is 27.4. The van der Waals surface area contributed by atoms with E-state index in [1.165, 1.54) is 16.7 Å². The average Bonchev–Trinajstić information content (AvgIpc) is 3.35. The molecule has 0 bridgehead atoms. The standard InChI is InChI=1S/C33H37NO4/c1-21(2)10-9-11-22(3)14-26-15-23(4)19-33(36-26)20-28(27-17-30(35)24(5)16-32(27)37-33)29-18-31(38-34-29)25-12-7-6-8-13-25/h6-8,10,12-14,16,18-20,26-27,32H,9,11,15,17H2,1-5H3/t26-,27-,32-,33+/m1/s1. The molecule has 0 fully saturated rings. The first kappa shape index (κ1) is 26.3. The SMILES string of the molecule is CC(C)=CCCC(C)=C[C@@H]1CC(C)=C[C@]2(C=C(c3cc(-c4ccccc4)on3)[C@H]3CC(=O)C(C)=C[C@H]3O2)O1. The molecule has 0 N–H and O–H groups in total. The van der Waals surface area contributed by atoms with E-state index in [1.807, 2.05) is 55.5 Å². The predicted octanol–water partition coefficient (Wildman–Crippen LogP) is 7.78. The molecule has 0 unspecified atom stereocenters. The van der Waals surface area contributed by atoms with Gasteiger partial charge in [-0.1, -0.05) is 64.4 Å². The summed E-state index contributed by atoms with van der Waals surface area (Å²) in [4.78, 5) is 12.7. The van der Waals surface area contributed by atoms with Crippen LogP contribution in [0, 0.1) is 5.92 Å². The molecule has 2 aliphatic heterocycles. The summed E-state index contributed by atoms with van der Waals surface area (Å²) in [5.74, 6) is -0.364. The maximum absolute atomic E-state index is 12.7. The summed E-state index contributed by atoms with van der Waals surface area (Å²) in [6.45, 7) is 10.4. The van der Waals surface area contributed by atoms with Gasteiger partial charge in [0, 0.05) is 24.0 Å². The van der Waals surface area contributed by atoms with Crippen LogP contribution < -0.4 is 0 Å². The van der Waals surface area contributed by atoms with Crippen molar-refractivity contribution in [3.8, 4) is 11.3 Å². The number of allylic oxidation sites excluding steroid dienone is 4. The van der Waals surface area contributed by atoms with Gasteiger partial charge in [0.15, 0.2) is 11.5 Å². The van der Waals surface area contributed by atoms with E-state index in [-0.39, 0.29) is 23.9 Å². The lowest BCUT2D eigenvalue weighted by Gasteiger charge is -2.45. The minimum absolute atomic E-state index is 0.103. The average molecular weight is 512 g/mol. The van der Waals surface area contributed by atoms with Crippen molar-refractivity contribution in [1.29, 1.82) is 0 Å². The summed E-state index contributed by atoms with van der Waals surface area (Å²) in [5.41, 5.74) is 7.19. The van der Waals surface area contributed by atoms with Crippen LogP contribution in [0.5, 0.6) is 0 Å². The summed E-state index contributed by atoms with van der Waals surface area (Å²) >= 11 is 0. The first-order valence-electron chi connectivity index (χ1n) is 13.5. The van der Waals surface area contributed by atoms with Crippen molar-refractivity contribution in [1.82, 2.24) is 5.16 Å². The third-order valence-corrected chi connectivity index (χ3v) is 7.46. The second-order valence-corrected chi connectivity index (χ2v) is 11.1. The molecule has 0 saturated carbocycles. The molecule has 0 radical (unpaired) electrons. The number of carbonyl (C=O) groups is 1. The van der Waals surface area contributed by atoms with Gasteiger partial charge in [0.2, 0.25) is 5.79 Å². The van der Waals surface area contributed by atoms with Gasteiger partial charge in [0.25, 0.3) is 0 Å². The van der Waals surface area contributed by atoms with Crippen LogP contribution in [0.4, 0.5) is 0 Å². The second kappa shape index (κ2) is 10.8. The topological polar surface area (TPSA) is 61.6 Å². The van der Waals surface area contributed by atoms with E-state index >= 15 is 0 Å². The molecule has 4 atom stereocenters. The largest absolute Gasteiger partial charge is 0.356 e. The monoisotopic (exact) mass is 511 g/mol. The van der Waals surface area contributed by atoms with Gasteiger partial charge < -0.3 is 14.0 Å². The zero-order valence-corrected chi connectivity index (χ0v) is 23.0. The Morgan fingerprint density at radius 2 is 1.87 bits per heavy atom. The van der Waals surface area contributed by atoms with Gasteiger partial charge in [0.05, 0.1) is 12.2 Å². The lowest BCUT2D eigenvalue weighted by Crippen LogP contribution is -2.48. The quantitative estimate of drug-likeness (QED) is 0.371. The van der Waals surface area contributed by atoms with Crippen LogP contribution in [0.25, 0.3) is 16.9 Å². The molecular formula is C33H37NO4. The summed E-state index contributed by atoms with van der Waals surface area (Å²) in [7, 11) is 0. The van der Waals surface area contributed by atoms with E-state index in [2.05, 4.69) is 51.1 Å². The Morgan fingerprint density at radius 1 is 1.08 bits per heavy atom. The minimum Gasteiger partial charge on any atom is -0.356 e. The molecular weight excluding hydrogens is 474 g/mol. The Bertz CT molecular complexity index is 1350. The Balaban J connectivity index is 1.50. The smallest absolute Gasteiger partial charge is 0.210 e. The third-order valence-electron chi connectivity index (χ3n) is 7.46. The molecule has 0 amide bonds. The van der Waals surface area contributed by atoms with Crippen LogP contribution in [-0.4, -0.2) is 28.9 Å². The van der Waals surface area contributed by atoms with E-state index < -0.39 is 5.79 Å². The van der Waals surface area contributed by atoms with Crippen molar-refractivity contribution in [2.75, 3.05) is 0 Å². The Labute approximate surface area is 225 Å². The number of hydrogen-bond acceptors (Lipinski definition) is 5. The summed E-state index contributed by atoms with van der Waals surface area (Å²) in [6.07, 6.45) is 13.3. The fraction of sp³-hybridized carbons (Fsp3) is 0.394. The minimum atomic E-state index is -1.04. The van der Waals surface area contributed by atoms with Gasteiger partial charge in [-0.3, -0.25) is 4.79 Å². The van der Waals surface area contributed by atoms with Crippen molar-refractivity contribution in [3.05, 3.63) is 94.8 Å². The Hall–Kier alpha value is -3.28. The van der Waals surface area contributed by atoms with Crippen LogP contribution >= 0.6 is 0 Å². The van der Waals surface area contributed by atoms with Crippen molar-refractivity contribution in [2.45, 2.75) is 78.3 Å². The number of carbonyl (C=O) groups excluding carboxylic acids is 1. The number of aromatic nitrogens is 1. The highest BCUT2D eigenvalue weighted by Crippen LogP contribution is 2.46. The first-order valence-corrected chi connectivity index (χ1v) is 13.5. The third kappa shape index (κ3) is 5.74. The van der Waals surface area contributed by atoms with Crippen LogP contribution in [0.1, 0.15) is 66.0 Å². The number of benzene rings is 1. The molecule has 2 aromatic rings. The molecule has 3 heterocycles. The number of rotatable bonds is 6. The highest BCUT2D eigenvalue weighted by molar-refractivity contribution is 5.97. The van der Waals surface area contributed by atoms with Crippen LogP contribution in [-0.2, 0) is 14.3 Å². The number of nitrogens with zero attached hydrogens (tertiary/aromatic N) is 1. The molecule has 38 heavy (non-hydrogen) atoms. The van der Waals surface area contributed by atoms with E-state index in [1.54, 1.807) is 0 Å². The number of Topliss-reactive ketones (excluding diaryl/α,β-unsaturated/α-hetero) is 1. The van der Waals surface area contributed by atoms with Gasteiger partial charge >= 0.3 is 0 Å². The summed E-state index contributed by atoms with van der Waals surface area (Å²) in [5, 5.41) is 4.44. The predicted molar refractivity (Wildman–Crippen MR) is 150 cm³/mol. The fourth-order valence-electron chi connectivity index (χ4n) is 5.57. The Morgan fingerprint density at radius 3 is 2.63 bits per heavy atom. The maximum atomic E-state index is 12.7. The Kier molecular flexibility index (Phi) is 7.51. The van der Waals surface area contributed by atoms with Crippen molar-refractivity contribution in [3.63, 3.8) is 0 Å². The molecule has 3 aliphatic rings. The molecule has 1 aromatic carbocycles. The zero-order chi connectivity index (χ0) is 26.9. The number of fused-ring (bicyclic) bond motifs is 1. The van der Waals surface area contributed by atoms with Crippen LogP contribution in [0.2, 0.25) is 0 Å². The van der Waals surface area contributed by atoms with Crippen LogP contribution in [0.3, 0.4) is 0 Å². The highest BCUT2D eigenvalue weighted by atomic mass is 16.7. The summed E-state index contributed by atoms with van der Waals surface area (Å²) in [6, 6.07) is 11.9. The second-order valence-electron chi connectivity index (χ2n) is 11.1. The molecule has 5 heteroatoms. The van der Waals surface area contributed by atoms with E-state index in [9.17, 15) is 4.79 Å². The molecule has 5 nitrogen and oxygen atoms in total. The molecule has 1 aromatic heterocycles. The summed E-state index contributed by atoms with van der Waals surface area (Å²) < 4.78 is 19.1. The lowest BCUT2D eigenvalue weighted by molar-refractivity contribution is -0.220. The maximum Gasteiger partial charge on any atom is 0.210 e. The van der Waals surface area contributed by atoms with E-state index in [4.69, 9.17) is 14.0 Å². The van der Waals surface area contributed by atoms with Crippen molar-refractivity contribution >= 4 is 11.4 Å². The van der Waals surface area contributed by atoms with E-state index in [0.29, 0.717) is 17.9 Å². The molecule has 198 valence electrons. The highest BCUT2D eigenvalue weighted by Gasteiger charge is 2.46. The lowest BCUT2D eigenvalue weighted by atomic mass is 9.77.